The molecule has 4 amide bonds. The van der Waals surface area contributed by atoms with E-state index in [0.29, 0.717) is 17.1 Å². The van der Waals surface area contributed by atoms with Crippen molar-refractivity contribution in [3.05, 3.63) is 70.7 Å². The molecule has 0 aromatic heterocycles. The Labute approximate surface area is 156 Å². The van der Waals surface area contributed by atoms with E-state index in [2.05, 4.69) is 10.6 Å². The number of carbonyl (C=O) groups excluding carboxylic acids is 3. The number of rotatable bonds is 5. The minimum absolute atomic E-state index is 0.331. The molecule has 1 aliphatic rings. The largest absolute Gasteiger partial charge is 0.350 e. The van der Waals surface area contributed by atoms with Crippen molar-refractivity contribution in [3.8, 4) is 0 Å². The molecule has 0 saturated carbocycles. The van der Waals surface area contributed by atoms with E-state index in [0.717, 1.165) is 10.5 Å². The Morgan fingerprint density at radius 3 is 2.42 bits per heavy atom. The smallest absolute Gasteiger partial charge is 0.325 e. The van der Waals surface area contributed by atoms with Crippen LogP contribution in [0.5, 0.6) is 0 Å². The van der Waals surface area contributed by atoms with Gasteiger partial charge in [-0.15, -0.1) is 0 Å². The SMILES string of the molecule is C[C@@]1(c2ccc(Cl)cc2)NC(=O)N(CC(=O)NCc2ccccc2)C1=O. The maximum atomic E-state index is 12.8. The van der Waals surface area contributed by atoms with Crippen LogP contribution >= 0.6 is 11.6 Å². The van der Waals surface area contributed by atoms with Crippen molar-refractivity contribution in [3.63, 3.8) is 0 Å². The van der Waals surface area contributed by atoms with Crippen LogP contribution in [0.2, 0.25) is 5.02 Å². The second-order valence-corrected chi connectivity index (χ2v) is 6.65. The Morgan fingerprint density at radius 2 is 1.77 bits per heavy atom. The lowest BCUT2D eigenvalue weighted by molar-refractivity contribution is -0.134. The average molecular weight is 372 g/mol. The van der Waals surface area contributed by atoms with Gasteiger partial charge in [-0.2, -0.15) is 0 Å². The number of benzene rings is 2. The molecule has 0 bridgehead atoms. The lowest BCUT2D eigenvalue weighted by atomic mass is 9.92. The number of nitrogens with one attached hydrogen (secondary N) is 2. The molecule has 1 atom stereocenters. The molecule has 2 aromatic carbocycles. The molecule has 6 nitrogen and oxygen atoms in total. The van der Waals surface area contributed by atoms with Crippen LogP contribution in [0.3, 0.4) is 0 Å². The highest BCUT2D eigenvalue weighted by Gasteiger charge is 2.49. The molecule has 3 rings (SSSR count). The highest BCUT2D eigenvalue weighted by Crippen LogP contribution is 2.29. The molecule has 0 spiro atoms. The summed E-state index contributed by atoms with van der Waals surface area (Å²) in [6.07, 6.45) is 0. The average Bonchev–Trinajstić information content (AvgIpc) is 2.85. The van der Waals surface area contributed by atoms with Crippen molar-refractivity contribution in [2.24, 2.45) is 0 Å². The van der Waals surface area contributed by atoms with Crippen LogP contribution < -0.4 is 10.6 Å². The van der Waals surface area contributed by atoms with Gasteiger partial charge in [-0.25, -0.2) is 4.79 Å². The third kappa shape index (κ3) is 3.55. The Bertz CT molecular complexity index is 839. The van der Waals surface area contributed by atoms with Crippen LogP contribution in [0.1, 0.15) is 18.1 Å². The molecule has 7 heteroatoms. The van der Waals surface area contributed by atoms with Crippen molar-refractivity contribution < 1.29 is 14.4 Å². The molecular weight excluding hydrogens is 354 g/mol. The second kappa shape index (κ2) is 7.17. The zero-order valence-corrected chi connectivity index (χ0v) is 14.9. The summed E-state index contributed by atoms with van der Waals surface area (Å²) in [5.74, 6) is -0.877. The first-order valence-electron chi connectivity index (χ1n) is 8.11. The molecule has 0 aliphatic carbocycles. The number of nitrogens with zero attached hydrogens (tertiary/aromatic N) is 1. The Morgan fingerprint density at radius 1 is 1.12 bits per heavy atom. The summed E-state index contributed by atoms with van der Waals surface area (Å²) in [5.41, 5.74) is 0.318. The summed E-state index contributed by atoms with van der Waals surface area (Å²) in [5, 5.41) is 5.90. The summed E-state index contributed by atoms with van der Waals surface area (Å²) in [4.78, 5) is 38.1. The molecular formula is C19H18ClN3O3. The fourth-order valence-electron chi connectivity index (χ4n) is 2.82. The zero-order valence-electron chi connectivity index (χ0n) is 14.2. The molecule has 1 fully saturated rings. The molecule has 0 unspecified atom stereocenters. The summed E-state index contributed by atoms with van der Waals surface area (Å²) >= 11 is 5.88. The van der Waals surface area contributed by atoms with E-state index < -0.39 is 23.4 Å². The number of carbonyl (C=O) groups is 3. The second-order valence-electron chi connectivity index (χ2n) is 6.22. The summed E-state index contributed by atoms with van der Waals surface area (Å²) in [6.45, 7) is 1.61. The van der Waals surface area contributed by atoms with Gasteiger partial charge in [0.2, 0.25) is 5.91 Å². The van der Waals surface area contributed by atoms with Crippen molar-refractivity contribution in [2.45, 2.75) is 19.0 Å². The molecule has 2 N–H and O–H groups in total. The Balaban J connectivity index is 1.67. The molecule has 134 valence electrons. The van der Waals surface area contributed by atoms with Gasteiger partial charge in [0.15, 0.2) is 0 Å². The van der Waals surface area contributed by atoms with Gasteiger partial charge >= 0.3 is 6.03 Å². The van der Waals surface area contributed by atoms with E-state index in [4.69, 9.17) is 11.6 Å². The first-order chi connectivity index (χ1) is 12.4. The molecule has 1 saturated heterocycles. The van der Waals surface area contributed by atoms with Crippen LogP contribution in [0.25, 0.3) is 0 Å². The maximum Gasteiger partial charge on any atom is 0.325 e. The monoisotopic (exact) mass is 371 g/mol. The number of halogens is 1. The van der Waals surface area contributed by atoms with Crippen molar-refractivity contribution in [1.29, 1.82) is 0 Å². The van der Waals surface area contributed by atoms with Gasteiger partial charge in [-0.05, 0) is 30.2 Å². The molecule has 26 heavy (non-hydrogen) atoms. The van der Waals surface area contributed by atoms with Crippen molar-refractivity contribution >= 4 is 29.4 Å². The highest BCUT2D eigenvalue weighted by atomic mass is 35.5. The lowest BCUT2D eigenvalue weighted by Crippen LogP contribution is -2.43. The Kier molecular flexibility index (Phi) is 4.95. The molecule has 0 radical (unpaired) electrons. The van der Waals surface area contributed by atoms with E-state index in [9.17, 15) is 14.4 Å². The number of hydrogen-bond acceptors (Lipinski definition) is 3. The number of amides is 4. The van der Waals surface area contributed by atoms with Crippen LogP contribution in [0.15, 0.2) is 54.6 Å². The van der Waals surface area contributed by atoms with E-state index in [1.54, 1.807) is 31.2 Å². The van der Waals surface area contributed by atoms with Crippen LogP contribution in [0, 0.1) is 0 Å². The van der Waals surface area contributed by atoms with Crippen molar-refractivity contribution in [1.82, 2.24) is 15.5 Å². The van der Waals surface area contributed by atoms with Gasteiger partial charge in [0.1, 0.15) is 12.1 Å². The fraction of sp³-hybridized carbons (Fsp3) is 0.211. The standard InChI is InChI=1S/C19H18ClN3O3/c1-19(14-7-9-15(20)10-8-14)17(25)23(18(26)22-19)12-16(24)21-11-13-5-3-2-4-6-13/h2-10H,11-12H2,1H3,(H,21,24)(H,22,26)/t19-/m0/s1. The fourth-order valence-corrected chi connectivity index (χ4v) is 2.94. The summed E-state index contributed by atoms with van der Waals surface area (Å²) in [6, 6.07) is 15.5. The minimum atomic E-state index is -1.22. The Hall–Kier alpha value is -2.86. The van der Waals surface area contributed by atoms with Crippen LogP contribution in [-0.4, -0.2) is 29.3 Å². The van der Waals surface area contributed by atoms with E-state index in [1.807, 2.05) is 30.3 Å². The van der Waals surface area contributed by atoms with Gasteiger partial charge in [-0.1, -0.05) is 54.1 Å². The normalized spacial score (nSPS) is 19.4. The number of imide groups is 1. The van der Waals surface area contributed by atoms with Gasteiger partial charge in [0.05, 0.1) is 0 Å². The van der Waals surface area contributed by atoms with E-state index in [-0.39, 0.29) is 6.54 Å². The number of hydrogen-bond donors (Lipinski definition) is 2. The quantitative estimate of drug-likeness (QED) is 0.792. The van der Waals surface area contributed by atoms with Gasteiger partial charge in [0, 0.05) is 11.6 Å². The van der Waals surface area contributed by atoms with Crippen LogP contribution in [0.4, 0.5) is 4.79 Å². The molecule has 1 aliphatic heterocycles. The lowest BCUT2D eigenvalue weighted by Gasteiger charge is -2.22. The van der Waals surface area contributed by atoms with Gasteiger partial charge in [0.25, 0.3) is 5.91 Å². The zero-order chi connectivity index (χ0) is 18.7. The predicted molar refractivity (Wildman–Crippen MR) is 97.3 cm³/mol. The first kappa shape index (κ1) is 17.9. The number of urea groups is 1. The highest BCUT2D eigenvalue weighted by molar-refractivity contribution is 6.30. The van der Waals surface area contributed by atoms with E-state index in [1.165, 1.54) is 0 Å². The molecule has 2 aromatic rings. The summed E-state index contributed by atoms with van der Waals surface area (Å²) < 4.78 is 0. The minimum Gasteiger partial charge on any atom is -0.350 e. The topological polar surface area (TPSA) is 78.5 Å². The third-order valence-corrected chi connectivity index (χ3v) is 4.58. The predicted octanol–water partition coefficient (Wildman–Crippen LogP) is 2.42. The van der Waals surface area contributed by atoms with Gasteiger partial charge < -0.3 is 10.6 Å². The van der Waals surface area contributed by atoms with E-state index >= 15 is 0 Å². The first-order valence-corrected chi connectivity index (χ1v) is 8.49. The van der Waals surface area contributed by atoms with Crippen LogP contribution in [-0.2, 0) is 21.7 Å². The summed E-state index contributed by atoms with van der Waals surface area (Å²) in [7, 11) is 0. The molecule has 1 heterocycles. The third-order valence-electron chi connectivity index (χ3n) is 4.33. The maximum absolute atomic E-state index is 12.8. The van der Waals surface area contributed by atoms with Gasteiger partial charge in [-0.3, -0.25) is 14.5 Å². The van der Waals surface area contributed by atoms with Crippen molar-refractivity contribution in [2.75, 3.05) is 6.54 Å².